The number of ether oxygens (including phenoxy) is 1. The molecular formula is C13H20N2O. The summed E-state index contributed by atoms with van der Waals surface area (Å²) in [4.78, 5) is 2.44. The fraction of sp³-hybridized carbons (Fsp3) is 0.538. The molecule has 1 heterocycles. The molecule has 1 atom stereocenters. The topological polar surface area (TPSA) is 38.5 Å². The summed E-state index contributed by atoms with van der Waals surface area (Å²) in [5.74, 6) is 0. The van der Waals surface area contributed by atoms with Crippen molar-refractivity contribution in [3.8, 4) is 0 Å². The van der Waals surface area contributed by atoms with Gasteiger partial charge in [-0.3, -0.25) is 4.90 Å². The highest BCUT2D eigenvalue weighted by molar-refractivity contribution is 5.14. The number of rotatable bonds is 5. The van der Waals surface area contributed by atoms with Crippen LogP contribution in [0.4, 0.5) is 0 Å². The van der Waals surface area contributed by atoms with E-state index in [-0.39, 0.29) is 0 Å². The van der Waals surface area contributed by atoms with Gasteiger partial charge in [-0.15, -0.1) is 0 Å². The van der Waals surface area contributed by atoms with Crippen LogP contribution in [0.15, 0.2) is 30.3 Å². The van der Waals surface area contributed by atoms with E-state index in [4.69, 9.17) is 10.5 Å². The van der Waals surface area contributed by atoms with Gasteiger partial charge in [-0.25, -0.2) is 0 Å². The average molecular weight is 220 g/mol. The van der Waals surface area contributed by atoms with Crippen LogP contribution >= 0.6 is 0 Å². The Balaban J connectivity index is 1.76. The Morgan fingerprint density at radius 3 is 2.88 bits per heavy atom. The normalized spacial score (nSPS) is 21.4. The summed E-state index contributed by atoms with van der Waals surface area (Å²) in [6.45, 7) is 4.50. The number of benzene rings is 1. The van der Waals surface area contributed by atoms with Crippen LogP contribution in [0.25, 0.3) is 0 Å². The monoisotopic (exact) mass is 220 g/mol. The molecule has 1 fully saturated rings. The van der Waals surface area contributed by atoms with E-state index in [9.17, 15) is 0 Å². The Labute approximate surface area is 97.2 Å². The second-order valence-corrected chi connectivity index (χ2v) is 4.29. The minimum atomic E-state index is 0.382. The molecule has 3 heteroatoms. The predicted molar refractivity (Wildman–Crippen MR) is 65.1 cm³/mol. The van der Waals surface area contributed by atoms with Crippen molar-refractivity contribution in [1.82, 2.24) is 4.90 Å². The number of hydrogen-bond donors (Lipinski definition) is 1. The molecule has 1 aliphatic heterocycles. The van der Waals surface area contributed by atoms with Crippen LogP contribution in [0, 0.1) is 0 Å². The number of nitrogens with zero attached hydrogens (tertiary/aromatic N) is 1. The maximum Gasteiger partial charge on any atom is 0.0714 e. The first-order chi connectivity index (χ1) is 7.88. The molecular weight excluding hydrogens is 200 g/mol. The first kappa shape index (κ1) is 11.6. The molecule has 88 valence electrons. The van der Waals surface area contributed by atoms with Crippen LogP contribution < -0.4 is 5.73 Å². The molecule has 1 aromatic carbocycles. The first-order valence-electron chi connectivity index (χ1n) is 5.96. The molecule has 0 unspecified atom stereocenters. The zero-order valence-electron chi connectivity index (χ0n) is 9.64. The third kappa shape index (κ3) is 3.30. The van der Waals surface area contributed by atoms with Gasteiger partial charge in [0.2, 0.25) is 0 Å². The molecule has 1 saturated heterocycles. The summed E-state index contributed by atoms with van der Waals surface area (Å²) < 4.78 is 5.65. The SMILES string of the molecule is NCCO[C@@H]1CCN(Cc2ccccc2)C1. The van der Waals surface area contributed by atoms with Crippen molar-refractivity contribution in [3.05, 3.63) is 35.9 Å². The minimum Gasteiger partial charge on any atom is -0.376 e. The Bertz CT molecular complexity index is 302. The van der Waals surface area contributed by atoms with Crippen molar-refractivity contribution in [2.45, 2.75) is 19.1 Å². The zero-order chi connectivity index (χ0) is 11.2. The van der Waals surface area contributed by atoms with Crippen molar-refractivity contribution in [2.24, 2.45) is 5.73 Å². The summed E-state index contributed by atoms with van der Waals surface area (Å²) in [6, 6.07) is 10.6. The van der Waals surface area contributed by atoms with E-state index in [1.807, 2.05) is 0 Å². The van der Waals surface area contributed by atoms with Crippen molar-refractivity contribution in [1.29, 1.82) is 0 Å². The summed E-state index contributed by atoms with van der Waals surface area (Å²) in [5.41, 5.74) is 6.80. The molecule has 0 spiro atoms. The lowest BCUT2D eigenvalue weighted by molar-refractivity contribution is 0.0641. The number of likely N-dealkylation sites (tertiary alicyclic amines) is 1. The highest BCUT2D eigenvalue weighted by Gasteiger charge is 2.22. The molecule has 0 aliphatic carbocycles. The Morgan fingerprint density at radius 2 is 2.12 bits per heavy atom. The summed E-state index contributed by atoms with van der Waals surface area (Å²) >= 11 is 0. The summed E-state index contributed by atoms with van der Waals surface area (Å²) in [5, 5.41) is 0. The van der Waals surface area contributed by atoms with Crippen LogP contribution in [0.1, 0.15) is 12.0 Å². The van der Waals surface area contributed by atoms with E-state index < -0.39 is 0 Å². The Kier molecular flexibility index (Phi) is 4.34. The average Bonchev–Trinajstić information content (AvgIpc) is 2.75. The van der Waals surface area contributed by atoms with Crippen LogP contribution in [0.5, 0.6) is 0 Å². The van der Waals surface area contributed by atoms with Gasteiger partial charge in [0.25, 0.3) is 0 Å². The third-order valence-electron chi connectivity index (χ3n) is 2.95. The van der Waals surface area contributed by atoms with Gasteiger partial charge in [-0.2, -0.15) is 0 Å². The van der Waals surface area contributed by atoms with Gasteiger partial charge >= 0.3 is 0 Å². The summed E-state index contributed by atoms with van der Waals surface area (Å²) in [7, 11) is 0. The maximum atomic E-state index is 5.65. The third-order valence-corrected chi connectivity index (χ3v) is 2.95. The van der Waals surface area contributed by atoms with Crippen LogP contribution in [0.3, 0.4) is 0 Å². The first-order valence-corrected chi connectivity index (χ1v) is 5.96. The van der Waals surface area contributed by atoms with E-state index in [0.717, 1.165) is 26.1 Å². The van der Waals surface area contributed by atoms with Gasteiger partial charge < -0.3 is 10.5 Å². The van der Waals surface area contributed by atoms with E-state index >= 15 is 0 Å². The quantitative estimate of drug-likeness (QED) is 0.811. The van der Waals surface area contributed by atoms with Gasteiger partial charge in [-0.05, 0) is 12.0 Å². The molecule has 0 bridgehead atoms. The molecule has 3 nitrogen and oxygen atoms in total. The van der Waals surface area contributed by atoms with Gasteiger partial charge in [0.15, 0.2) is 0 Å². The Hall–Kier alpha value is -0.900. The lowest BCUT2D eigenvalue weighted by Gasteiger charge is -2.16. The van der Waals surface area contributed by atoms with Crippen molar-refractivity contribution in [2.75, 3.05) is 26.2 Å². The van der Waals surface area contributed by atoms with Gasteiger partial charge in [0, 0.05) is 26.2 Å². The molecule has 16 heavy (non-hydrogen) atoms. The van der Waals surface area contributed by atoms with Crippen LogP contribution in [-0.4, -0.2) is 37.2 Å². The summed E-state index contributed by atoms with van der Waals surface area (Å²) in [6.07, 6.45) is 1.51. The second kappa shape index (κ2) is 5.99. The molecule has 0 aromatic heterocycles. The zero-order valence-corrected chi connectivity index (χ0v) is 9.64. The second-order valence-electron chi connectivity index (χ2n) is 4.29. The molecule has 1 aliphatic rings. The van der Waals surface area contributed by atoms with Gasteiger partial charge in [0.1, 0.15) is 0 Å². The van der Waals surface area contributed by atoms with Gasteiger partial charge in [0.05, 0.1) is 12.7 Å². The molecule has 2 N–H and O–H groups in total. The van der Waals surface area contributed by atoms with E-state index in [0.29, 0.717) is 19.3 Å². The lowest BCUT2D eigenvalue weighted by atomic mass is 10.2. The highest BCUT2D eigenvalue weighted by atomic mass is 16.5. The smallest absolute Gasteiger partial charge is 0.0714 e. The molecule has 0 saturated carbocycles. The van der Waals surface area contributed by atoms with Crippen molar-refractivity contribution in [3.63, 3.8) is 0 Å². The molecule has 1 aromatic rings. The lowest BCUT2D eigenvalue weighted by Crippen LogP contribution is -2.24. The maximum absolute atomic E-state index is 5.65. The number of hydrogen-bond acceptors (Lipinski definition) is 3. The van der Waals surface area contributed by atoms with Crippen molar-refractivity contribution >= 4 is 0 Å². The van der Waals surface area contributed by atoms with E-state index in [1.165, 1.54) is 5.56 Å². The fourth-order valence-electron chi connectivity index (χ4n) is 2.15. The van der Waals surface area contributed by atoms with E-state index in [2.05, 4.69) is 35.2 Å². The minimum absolute atomic E-state index is 0.382. The number of nitrogens with two attached hydrogens (primary N) is 1. The fourth-order valence-corrected chi connectivity index (χ4v) is 2.15. The standard InChI is InChI=1S/C13H20N2O/c14-7-9-16-13-6-8-15(11-13)10-12-4-2-1-3-5-12/h1-5,13H,6-11,14H2/t13-/m1/s1. The largest absolute Gasteiger partial charge is 0.376 e. The van der Waals surface area contributed by atoms with Crippen LogP contribution in [-0.2, 0) is 11.3 Å². The van der Waals surface area contributed by atoms with Crippen LogP contribution in [0.2, 0.25) is 0 Å². The molecule has 0 radical (unpaired) electrons. The predicted octanol–water partition coefficient (Wildman–Crippen LogP) is 1.24. The van der Waals surface area contributed by atoms with Crippen molar-refractivity contribution < 1.29 is 4.74 Å². The molecule has 0 amide bonds. The molecule has 2 rings (SSSR count). The van der Waals surface area contributed by atoms with Gasteiger partial charge in [-0.1, -0.05) is 30.3 Å². The Morgan fingerprint density at radius 1 is 1.31 bits per heavy atom. The van der Waals surface area contributed by atoms with E-state index in [1.54, 1.807) is 0 Å². The highest BCUT2D eigenvalue weighted by Crippen LogP contribution is 2.15.